The van der Waals surface area contributed by atoms with Gasteiger partial charge in [-0.3, -0.25) is 9.69 Å². The third kappa shape index (κ3) is 5.82. The number of benzene rings is 1. The summed E-state index contributed by atoms with van der Waals surface area (Å²) in [7, 11) is 0. The number of amides is 3. The summed E-state index contributed by atoms with van der Waals surface area (Å²) in [5.41, 5.74) is 7.19. The van der Waals surface area contributed by atoms with Crippen molar-refractivity contribution in [3.05, 3.63) is 35.4 Å². The predicted octanol–water partition coefficient (Wildman–Crippen LogP) is 0.116. The van der Waals surface area contributed by atoms with E-state index in [0.29, 0.717) is 6.54 Å². The van der Waals surface area contributed by atoms with E-state index in [4.69, 9.17) is 5.73 Å². The summed E-state index contributed by atoms with van der Waals surface area (Å²) in [6.07, 6.45) is 0.176. The molecule has 24 heavy (non-hydrogen) atoms. The first-order valence-corrected chi connectivity index (χ1v) is 8.37. The Hall–Kier alpha value is -2.12. The van der Waals surface area contributed by atoms with Gasteiger partial charge in [-0.05, 0) is 18.1 Å². The van der Waals surface area contributed by atoms with E-state index in [0.717, 1.165) is 43.9 Å². The van der Waals surface area contributed by atoms with Crippen LogP contribution in [0.3, 0.4) is 0 Å². The van der Waals surface area contributed by atoms with E-state index in [-0.39, 0.29) is 12.3 Å². The lowest BCUT2D eigenvalue weighted by atomic mass is 9.98. The van der Waals surface area contributed by atoms with Gasteiger partial charge in [0.2, 0.25) is 5.91 Å². The second kappa shape index (κ2) is 9.24. The molecule has 7 heteroatoms. The molecular formula is C17H27N5O2. The molecule has 5 N–H and O–H groups in total. The molecule has 1 aromatic rings. The van der Waals surface area contributed by atoms with Crippen LogP contribution in [0, 0.1) is 6.92 Å². The molecule has 1 saturated heterocycles. The highest BCUT2D eigenvalue weighted by Gasteiger charge is 2.19. The number of aryl methyl sites for hydroxylation is 1. The zero-order chi connectivity index (χ0) is 17.4. The number of nitrogens with two attached hydrogens (primary N) is 1. The monoisotopic (exact) mass is 333 g/mol. The smallest absolute Gasteiger partial charge is 0.312 e. The fraction of sp³-hybridized carbons (Fsp3) is 0.529. The van der Waals surface area contributed by atoms with Gasteiger partial charge in [-0.1, -0.05) is 24.3 Å². The molecule has 7 nitrogen and oxygen atoms in total. The molecule has 2 rings (SSSR count). The molecule has 1 aliphatic heterocycles. The molecule has 132 valence electrons. The van der Waals surface area contributed by atoms with E-state index in [1.54, 1.807) is 0 Å². The molecule has 0 aromatic heterocycles. The molecule has 0 saturated carbocycles. The molecule has 1 atom stereocenters. The van der Waals surface area contributed by atoms with E-state index < -0.39 is 12.1 Å². The van der Waals surface area contributed by atoms with Gasteiger partial charge < -0.3 is 21.7 Å². The Morgan fingerprint density at radius 2 is 2.00 bits per heavy atom. The molecule has 0 radical (unpaired) electrons. The van der Waals surface area contributed by atoms with Gasteiger partial charge >= 0.3 is 6.03 Å². The van der Waals surface area contributed by atoms with Crippen LogP contribution in [0.15, 0.2) is 24.3 Å². The molecule has 0 spiro atoms. The highest BCUT2D eigenvalue weighted by atomic mass is 16.2. The van der Waals surface area contributed by atoms with Crippen molar-refractivity contribution in [3.63, 3.8) is 0 Å². The number of hydrogen-bond acceptors (Lipinski definition) is 4. The number of carbonyl (C=O) groups is 2. The average Bonchev–Trinajstić information content (AvgIpc) is 2.55. The van der Waals surface area contributed by atoms with E-state index in [1.165, 1.54) is 0 Å². The quantitative estimate of drug-likeness (QED) is 0.569. The van der Waals surface area contributed by atoms with Crippen molar-refractivity contribution in [1.82, 2.24) is 20.9 Å². The lowest BCUT2D eigenvalue weighted by Gasteiger charge is -2.27. The fourth-order valence-corrected chi connectivity index (χ4v) is 2.93. The highest BCUT2D eigenvalue weighted by molar-refractivity contribution is 5.78. The Bertz CT molecular complexity index is 558. The van der Waals surface area contributed by atoms with Gasteiger partial charge in [-0.15, -0.1) is 0 Å². The average molecular weight is 333 g/mol. The molecule has 1 heterocycles. The number of rotatable bonds is 7. The Morgan fingerprint density at radius 1 is 1.29 bits per heavy atom. The van der Waals surface area contributed by atoms with Crippen LogP contribution in [0.4, 0.5) is 4.79 Å². The van der Waals surface area contributed by atoms with Crippen LogP contribution in [-0.4, -0.2) is 56.1 Å². The van der Waals surface area contributed by atoms with Crippen molar-refractivity contribution >= 4 is 11.9 Å². The van der Waals surface area contributed by atoms with Crippen LogP contribution in [0.25, 0.3) is 0 Å². The van der Waals surface area contributed by atoms with Crippen molar-refractivity contribution in [2.24, 2.45) is 5.73 Å². The first-order valence-electron chi connectivity index (χ1n) is 8.37. The fourth-order valence-electron chi connectivity index (χ4n) is 2.93. The van der Waals surface area contributed by atoms with Crippen molar-refractivity contribution in [1.29, 1.82) is 0 Å². The molecule has 1 aliphatic rings. The van der Waals surface area contributed by atoms with Crippen LogP contribution in [0.5, 0.6) is 0 Å². The topological polar surface area (TPSA) is 99.5 Å². The van der Waals surface area contributed by atoms with Crippen LogP contribution in [0.1, 0.15) is 23.6 Å². The van der Waals surface area contributed by atoms with Crippen LogP contribution in [0.2, 0.25) is 0 Å². The van der Waals surface area contributed by atoms with Crippen molar-refractivity contribution in [3.8, 4) is 0 Å². The van der Waals surface area contributed by atoms with E-state index in [2.05, 4.69) is 20.9 Å². The Kier molecular flexibility index (Phi) is 7.02. The summed E-state index contributed by atoms with van der Waals surface area (Å²) < 4.78 is 0. The summed E-state index contributed by atoms with van der Waals surface area (Å²) in [6.45, 7) is 7.39. The lowest BCUT2D eigenvalue weighted by Crippen LogP contribution is -2.46. The summed E-state index contributed by atoms with van der Waals surface area (Å²) in [6, 6.07) is 6.63. The van der Waals surface area contributed by atoms with Gasteiger partial charge in [-0.2, -0.15) is 0 Å². The van der Waals surface area contributed by atoms with Crippen molar-refractivity contribution in [2.45, 2.75) is 19.4 Å². The largest absolute Gasteiger partial charge is 0.355 e. The number of carbonyl (C=O) groups excluding carboxylic acids is 2. The molecule has 1 aromatic carbocycles. The van der Waals surface area contributed by atoms with Gasteiger partial charge in [0.1, 0.15) is 0 Å². The summed E-state index contributed by atoms with van der Waals surface area (Å²) in [5.74, 6) is -0.0906. The number of piperazine rings is 1. The SMILES string of the molecule is Cc1ccccc1C(CC(=O)NCCN1CCNCC1)NC(N)=O. The molecule has 3 amide bonds. The van der Waals surface area contributed by atoms with Crippen LogP contribution in [-0.2, 0) is 4.79 Å². The zero-order valence-electron chi connectivity index (χ0n) is 14.2. The second-order valence-corrected chi connectivity index (χ2v) is 6.06. The van der Waals surface area contributed by atoms with Gasteiger partial charge in [-0.25, -0.2) is 4.79 Å². The molecule has 1 fully saturated rings. The Balaban J connectivity index is 1.85. The Morgan fingerprint density at radius 3 is 2.67 bits per heavy atom. The summed E-state index contributed by atoms with van der Waals surface area (Å²) in [5, 5.41) is 8.90. The van der Waals surface area contributed by atoms with Gasteiger partial charge in [0.25, 0.3) is 0 Å². The highest BCUT2D eigenvalue weighted by Crippen LogP contribution is 2.20. The number of nitrogens with one attached hydrogen (secondary N) is 3. The van der Waals surface area contributed by atoms with Gasteiger partial charge in [0, 0.05) is 39.3 Å². The maximum atomic E-state index is 12.2. The lowest BCUT2D eigenvalue weighted by molar-refractivity contribution is -0.121. The minimum Gasteiger partial charge on any atom is -0.355 e. The number of urea groups is 1. The van der Waals surface area contributed by atoms with E-state index >= 15 is 0 Å². The number of primary amides is 1. The minimum atomic E-state index is -0.628. The molecule has 0 aliphatic carbocycles. The first kappa shape index (κ1) is 18.2. The van der Waals surface area contributed by atoms with Crippen LogP contribution < -0.4 is 21.7 Å². The summed E-state index contributed by atoms with van der Waals surface area (Å²) >= 11 is 0. The van der Waals surface area contributed by atoms with Crippen molar-refractivity contribution < 1.29 is 9.59 Å². The standard InChI is InChI=1S/C17H27N5O2/c1-13-4-2-3-5-14(13)15(21-17(18)24)12-16(23)20-8-11-22-9-6-19-7-10-22/h2-5,15,19H,6-12H2,1H3,(H,20,23)(H3,18,21,24). The summed E-state index contributed by atoms with van der Waals surface area (Å²) in [4.78, 5) is 25.8. The Labute approximate surface area is 143 Å². The minimum absolute atomic E-state index is 0.0906. The van der Waals surface area contributed by atoms with E-state index in [1.807, 2.05) is 31.2 Å². The zero-order valence-corrected chi connectivity index (χ0v) is 14.2. The second-order valence-electron chi connectivity index (χ2n) is 6.06. The predicted molar refractivity (Wildman–Crippen MR) is 93.6 cm³/mol. The van der Waals surface area contributed by atoms with Gasteiger partial charge in [0.15, 0.2) is 0 Å². The van der Waals surface area contributed by atoms with Crippen molar-refractivity contribution in [2.75, 3.05) is 39.3 Å². The molecular weight excluding hydrogens is 306 g/mol. The van der Waals surface area contributed by atoms with Gasteiger partial charge in [0.05, 0.1) is 12.5 Å². The number of nitrogens with zero attached hydrogens (tertiary/aromatic N) is 1. The molecule has 0 bridgehead atoms. The third-order valence-corrected chi connectivity index (χ3v) is 4.23. The first-order chi connectivity index (χ1) is 11.6. The maximum absolute atomic E-state index is 12.2. The van der Waals surface area contributed by atoms with E-state index in [9.17, 15) is 9.59 Å². The van der Waals surface area contributed by atoms with Crippen LogP contribution >= 0.6 is 0 Å². The number of hydrogen-bond donors (Lipinski definition) is 4. The maximum Gasteiger partial charge on any atom is 0.312 e. The molecule has 1 unspecified atom stereocenters. The third-order valence-electron chi connectivity index (χ3n) is 4.23. The normalized spacial score (nSPS) is 16.4.